The molecule has 0 aliphatic heterocycles. The van der Waals surface area contributed by atoms with Gasteiger partial charge in [0, 0.05) is 10.7 Å². The van der Waals surface area contributed by atoms with Gasteiger partial charge in [0.15, 0.2) is 0 Å². The average molecular weight is 346 g/mol. The lowest BCUT2D eigenvalue weighted by atomic mass is 10.2. The summed E-state index contributed by atoms with van der Waals surface area (Å²) in [6, 6.07) is 9.57. The molecule has 0 saturated carbocycles. The number of sulfonamides is 1. The summed E-state index contributed by atoms with van der Waals surface area (Å²) < 4.78 is 25.7. The van der Waals surface area contributed by atoms with Crippen LogP contribution in [0, 0.1) is 0 Å². The van der Waals surface area contributed by atoms with Crippen molar-refractivity contribution in [2.45, 2.75) is 4.90 Å². The van der Waals surface area contributed by atoms with Crippen LogP contribution >= 0.6 is 23.2 Å². The van der Waals surface area contributed by atoms with E-state index in [4.69, 9.17) is 28.9 Å². The topological polar surface area (TPSA) is 84.2 Å². The minimum absolute atomic E-state index is 0.0257. The summed E-state index contributed by atoms with van der Waals surface area (Å²) in [5.41, 5.74) is 7.18. The summed E-state index contributed by atoms with van der Waals surface area (Å²) in [7, 11) is -2.25. The standard InChI is InChI=1S/C13H13Cl2N3O2S/c1-17-21(19,20)13-5-3-9(7-11(13)16)18-12-4-2-8(14)6-10(12)15/h2-7,17-18H,16H2,1H3. The molecular formula is C13H13Cl2N3O2S. The van der Waals surface area contributed by atoms with Crippen LogP contribution in [0.15, 0.2) is 41.3 Å². The molecule has 0 bridgehead atoms. The Bertz CT molecular complexity index is 779. The van der Waals surface area contributed by atoms with Gasteiger partial charge in [-0.05, 0) is 43.4 Å². The van der Waals surface area contributed by atoms with Crippen LogP contribution < -0.4 is 15.8 Å². The number of nitrogen functional groups attached to an aromatic ring is 1. The molecule has 5 nitrogen and oxygen atoms in total. The van der Waals surface area contributed by atoms with Gasteiger partial charge in [0.05, 0.1) is 16.4 Å². The molecule has 112 valence electrons. The highest BCUT2D eigenvalue weighted by atomic mass is 35.5. The first kappa shape index (κ1) is 15.9. The maximum Gasteiger partial charge on any atom is 0.242 e. The van der Waals surface area contributed by atoms with E-state index in [0.29, 0.717) is 21.4 Å². The lowest BCUT2D eigenvalue weighted by Crippen LogP contribution is -2.19. The Morgan fingerprint density at radius 3 is 2.38 bits per heavy atom. The Kier molecular flexibility index (Phi) is 4.63. The first-order chi connectivity index (χ1) is 9.83. The van der Waals surface area contributed by atoms with Crippen molar-refractivity contribution in [1.82, 2.24) is 4.72 Å². The van der Waals surface area contributed by atoms with Crippen LogP contribution in [0.2, 0.25) is 10.0 Å². The maximum atomic E-state index is 11.7. The zero-order chi connectivity index (χ0) is 15.6. The molecule has 0 aliphatic carbocycles. The van der Waals surface area contributed by atoms with Crippen molar-refractivity contribution in [3.63, 3.8) is 0 Å². The van der Waals surface area contributed by atoms with Gasteiger partial charge in [-0.25, -0.2) is 13.1 Å². The summed E-state index contributed by atoms with van der Waals surface area (Å²) in [5, 5.41) is 4.03. The number of hydrogen-bond acceptors (Lipinski definition) is 4. The maximum absolute atomic E-state index is 11.7. The quantitative estimate of drug-likeness (QED) is 0.742. The summed E-state index contributed by atoms with van der Waals surface area (Å²) >= 11 is 11.9. The van der Waals surface area contributed by atoms with Gasteiger partial charge >= 0.3 is 0 Å². The summed E-state index contributed by atoms with van der Waals surface area (Å²) in [4.78, 5) is 0.0257. The SMILES string of the molecule is CNS(=O)(=O)c1ccc(Nc2ccc(Cl)cc2Cl)cc1N. The number of rotatable bonds is 4. The van der Waals surface area contributed by atoms with E-state index in [1.165, 1.54) is 19.2 Å². The Labute approximate surface area is 133 Å². The van der Waals surface area contributed by atoms with Gasteiger partial charge in [-0.3, -0.25) is 0 Å². The molecule has 0 saturated heterocycles. The molecule has 4 N–H and O–H groups in total. The van der Waals surface area contributed by atoms with E-state index >= 15 is 0 Å². The van der Waals surface area contributed by atoms with Crippen molar-refractivity contribution in [1.29, 1.82) is 0 Å². The predicted molar refractivity (Wildman–Crippen MR) is 86.8 cm³/mol. The third kappa shape index (κ3) is 3.59. The molecule has 2 rings (SSSR count). The molecule has 8 heteroatoms. The van der Waals surface area contributed by atoms with Gasteiger partial charge in [-0.2, -0.15) is 0 Å². The Balaban J connectivity index is 2.33. The van der Waals surface area contributed by atoms with Crippen molar-refractivity contribution in [2.75, 3.05) is 18.1 Å². The lowest BCUT2D eigenvalue weighted by Gasteiger charge is -2.11. The fourth-order valence-corrected chi connectivity index (χ4v) is 3.02. The molecule has 2 aromatic carbocycles. The van der Waals surface area contributed by atoms with Gasteiger partial charge in [0.2, 0.25) is 10.0 Å². The van der Waals surface area contributed by atoms with Gasteiger partial charge in [0.1, 0.15) is 4.90 Å². The van der Waals surface area contributed by atoms with Crippen molar-refractivity contribution in [3.8, 4) is 0 Å². The number of anilines is 3. The zero-order valence-electron chi connectivity index (χ0n) is 11.0. The molecule has 0 radical (unpaired) electrons. The highest BCUT2D eigenvalue weighted by molar-refractivity contribution is 7.89. The average Bonchev–Trinajstić information content (AvgIpc) is 2.42. The largest absolute Gasteiger partial charge is 0.398 e. The number of nitrogens with two attached hydrogens (primary N) is 1. The second-order valence-electron chi connectivity index (χ2n) is 4.21. The Morgan fingerprint density at radius 1 is 1.10 bits per heavy atom. The monoisotopic (exact) mass is 345 g/mol. The van der Waals surface area contributed by atoms with Crippen LogP contribution in [0.3, 0.4) is 0 Å². The van der Waals surface area contributed by atoms with Crippen LogP contribution in [0.4, 0.5) is 17.1 Å². The minimum Gasteiger partial charge on any atom is -0.398 e. The molecule has 0 unspecified atom stereocenters. The summed E-state index contributed by atoms with van der Waals surface area (Å²) in [5.74, 6) is 0. The second kappa shape index (κ2) is 6.11. The summed E-state index contributed by atoms with van der Waals surface area (Å²) in [6.07, 6.45) is 0. The second-order valence-corrected chi connectivity index (χ2v) is 6.91. The van der Waals surface area contributed by atoms with Crippen LogP contribution in [0.25, 0.3) is 0 Å². The van der Waals surface area contributed by atoms with E-state index in [9.17, 15) is 8.42 Å². The molecule has 0 amide bonds. The van der Waals surface area contributed by atoms with E-state index < -0.39 is 10.0 Å². The molecule has 0 aliphatic rings. The lowest BCUT2D eigenvalue weighted by molar-refractivity contribution is 0.588. The van der Waals surface area contributed by atoms with E-state index in [1.54, 1.807) is 24.3 Å². The van der Waals surface area contributed by atoms with Crippen molar-refractivity contribution in [3.05, 3.63) is 46.4 Å². The Morgan fingerprint density at radius 2 is 1.81 bits per heavy atom. The zero-order valence-corrected chi connectivity index (χ0v) is 13.4. The summed E-state index contributed by atoms with van der Waals surface area (Å²) in [6.45, 7) is 0. The fourth-order valence-electron chi connectivity index (χ4n) is 1.73. The van der Waals surface area contributed by atoms with Crippen LogP contribution in [0.5, 0.6) is 0 Å². The van der Waals surface area contributed by atoms with Crippen molar-refractivity contribution < 1.29 is 8.42 Å². The van der Waals surface area contributed by atoms with Gasteiger partial charge < -0.3 is 11.1 Å². The number of benzene rings is 2. The number of halogens is 2. The highest BCUT2D eigenvalue weighted by Gasteiger charge is 2.15. The highest BCUT2D eigenvalue weighted by Crippen LogP contribution is 2.30. The minimum atomic E-state index is -3.58. The third-order valence-corrected chi connectivity index (χ3v) is 4.81. The van der Waals surface area contributed by atoms with Gasteiger partial charge in [-0.15, -0.1) is 0 Å². The van der Waals surface area contributed by atoms with E-state index in [0.717, 1.165) is 0 Å². The first-order valence-corrected chi connectivity index (χ1v) is 8.12. The Hall–Kier alpha value is -1.47. The van der Waals surface area contributed by atoms with Gasteiger partial charge in [-0.1, -0.05) is 23.2 Å². The van der Waals surface area contributed by atoms with Gasteiger partial charge in [0.25, 0.3) is 0 Å². The van der Waals surface area contributed by atoms with Crippen LogP contribution in [0.1, 0.15) is 0 Å². The fraction of sp³-hybridized carbons (Fsp3) is 0.0769. The molecular weight excluding hydrogens is 333 g/mol. The normalized spacial score (nSPS) is 11.4. The first-order valence-electron chi connectivity index (χ1n) is 5.88. The van der Waals surface area contributed by atoms with E-state index in [-0.39, 0.29) is 10.6 Å². The molecule has 0 atom stereocenters. The molecule has 2 aromatic rings. The molecule has 0 aromatic heterocycles. The number of nitrogens with one attached hydrogen (secondary N) is 2. The molecule has 21 heavy (non-hydrogen) atoms. The smallest absolute Gasteiger partial charge is 0.242 e. The third-order valence-electron chi connectivity index (χ3n) is 2.78. The van der Waals surface area contributed by atoms with E-state index in [1.807, 2.05) is 0 Å². The predicted octanol–water partition coefficient (Wildman–Crippen LogP) is 3.23. The van der Waals surface area contributed by atoms with Crippen molar-refractivity contribution >= 4 is 50.3 Å². The van der Waals surface area contributed by atoms with Crippen molar-refractivity contribution in [2.24, 2.45) is 0 Å². The number of hydrogen-bond donors (Lipinski definition) is 3. The van der Waals surface area contributed by atoms with E-state index in [2.05, 4.69) is 10.0 Å². The molecule has 0 spiro atoms. The van der Waals surface area contributed by atoms with Crippen LogP contribution in [-0.2, 0) is 10.0 Å². The van der Waals surface area contributed by atoms with Crippen LogP contribution in [-0.4, -0.2) is 15.5 Å². The molecule has 0 fully saturated rings. The molecule has 0 heterocycles.